The van der Waals surface area contributed by atoms with Gasteiger partial charge in [0, 0.05) is 28.2 Å². The van der Waals surface area contributed by atoms with Crippen LogP contribution in [-0.2, 0) is 13.2 Å². The van der Waals surface area contributed by atoms with E-state index in [0.29, 0.717) is 12.6 Å². The third kappa shape index (κ3) is 5.20. The molecular formula is C18H21Cl2NO. The van der Waals surface area contributed by atoms with Gasteiger partial charge in [-0.3, -0.25) is 0 Å². The van der Waals surface area contributed by atoms with Gasteiger partial charge >= 0.3 is 0 Å². The van der Waals surface area contributed by atoms with Gasteiger partial charge in [-0.2, -0.15) is 0 Å². The predicted octanol–water partition coefficient (Wildman–Crippen LogP) is 5.46. The van der Waals surface area contributed by atoms with Crippen molar-refractivity contribution in [2.45, 2.75) is 39.5 Å². The summed E-state index contributed by atoms with van der Waals surface area (Å²) >= 11 is 12.0. The minimum Gasteiger partial charge on any atom is -0.489 e. The number of rotatable bonds is 7. The Balaban J connectivity index is 2.04. The van der Waals surface area contributed by atoms with Gasteiger partial charge in [0.1, 0.15) is 12.4 Å². The summed E-state index contributed by atoms with van der Waals surface area (Å²) in [6, 6.07) is 13.9. The van der Waals surface area contributed by atoms with Crippen LogP contribution in [-0.4, -0.2) is 6.04 Å². The molecule has 2 nitrogen and oxygen atoms in total. The standard InChI is InChI=1S/C18H21Cl2NO/c1-3-13(2)21-11-15-10-17(20)8-9-18(15)22-12-14-4-6-16(19)7-5-14/h4-10,13,21H,3,11-12H2,1-2H3/t13-/m1/s1. The number of nitrogens with one attached hydrogen (secondary N) is 1. The average Bonchev–Trinajstić information content (AvgIpc) is 2.53. The summed E-state index contributed by atoms with van der Waals surface area (Å²) < 4.78 is 5.94. The van der Waals surface area contributed by atoms with Crippen molar-refractivity contribution >= 4 is 23.2 Å². The lowest BCUT2D eigenvalue weighted by Crippen LogP contribution is -2.24. The van der Waals surface area contributed by atoms with E-state index in [2.05, 4.69) is 19.2 Å². The Bertz CT molecular complexity index is 599. The van der Waals surface area contributed by atoms with Crippen LogP contribution < -0.4 is 10.1 Å². The highest BCUT2D eigenvalue weighted by molar-refractivity contribution is 6.30. The van der Waals surface area contributed by atoms with Crippen molar-refractivity contribution in [2.24, 2.45) is 0 Å². The fourth-order valence-electron chi connectivity index (χ4n) is 2.00. The molecule has 2 aromatic rings. The minimum absolute atomic E-state index is 0.461. The van der Waals surface area contributed by atoms with Crippen LogP contribution in [0.25, 0.3) is 0 Å². The first-order chi connectivity index (χ1) is 10.6. The quantitative estimate of drug-likeness (QED) is 0.724. The van der Waals surface area contributed by atoms with E-state index >= 15 is 0 Å². The van der Waals surface area contributed by atoms with E-state index in [-0.39, 0.29) is 0 Å². The molecule has 0 amide bonds. The summed E-state index contributed by atoms with van der Waals surface area (Å²) in [6.45, 7) is 5.58. The molecule has 0 unspecified atom stereocenters. The number of halogens is 2. The molecule has 0 heterocycles. The van der Waals surface area contributed by atoms with Crippen LogP contribution in [0.5, 0.6) is 5.75 Å². The molecule has 2 aromatic carbocycles. The third-order valence-electron chi connectivity index (χ3n) is 3.58. The van der Waals surface area contributed by atoms with E-state index in [1.165, 1.54) is 0 Å². The Morgan fingerprint density at radius 1 is 1.05 bits per heavy atom. The molecule has 1 N–H and O–H groups in total. The molecule has 0 saturated carbocycles. The van der Waals surface area contributed by atoms with Crippen molar-refractivity contribution in [1.82, 2.24) is 5.32 Å². The lowest BCUT2D eigenvalue weighted by molar-refractivity contribution is 0.301. The Morgan fingerprint density at radius 3 is 2.41 bits per heavy atom. The van der Waals surface area contributed by atoms with Gasteiger partial charge in [-0.15, -0.1) is 0 Å². The summed E-state index contributed by atoms with van der Waals surface area (Å²) in [7, 11) is 0. The van der Waals surface area contributed by atoms with Crippen molar-refractivity contribution in [3.8, 4) is 5.75 Å². The lowest BCUT2D eigenvalue weighted by Gasteiger charge is -2.15. The molecule has 2 rings (SSSR count). The maximum absolute atomic E-state index is 6.10. The second kappa shape index (κ2) is 8.42. The van der Waals surface area contributed by atoms with Crippen LogP contribution in [0.15, 0.2) is 42.5 Å². The zero-order valence-corrected chi connectivity index (χ0v) is 14.4. The first-order valence-corrected chi connectivity index (χ1v) is 8.23. The van der Waals surface area contributed by atoms with Crippen molar-refractivity contribution < 1.29 is 4.74 Å². The first-order valence-electron chi connectivity index (χ1n) is 7.47. The molecular weight excluding hydrogens is 317 g/mol. The van der Waals surface area contributed by atoms with E-state index in [1.807, 2.05) is 42.5 Å². The second-order valence-corrected chi connectivity index (χ2v) is 6.23. The van der Waals surface area contributed by atoms with Gasteiger partial charge < -0.3 is 10.1 Å². The number of hydrogen-bond donors (Lipinski definition) is 1. The molecule has 0 spiro atoms. The summed E-state index contributed by atoms with van der Waals surface area (Å²) in [6.07, 6.45) is 1.08. The van der Waals surface area contributed by atoms with Gasteiger partial charge in [-0.25, -0.2) is 0 Å². The summed E-state index contributed by atoms with van der Waals surface area (Å²) in [5.74, 6) is 0.857. The summed E-state index contributed by atoms with van der Waals surface area (Å²) in [5, 5.41) is 4.92. The molecule has 0 saturated heterocycles. The number of ether oxygens (including phenoxy) is 1. The lowest BCUT2D eigenvalue weighted by atomic mass is 10.1. The van der Waals surface area contributed by atoms with Gasteiger partial charge in [-0.1, -0.05) is 42.3 Å². The molecule has 0 aromatic heterocycles. The van der Waals surface area contributed by atoms with Gasteiger partial charge in [0.05, 0.1) is 0 Å². The Morgan fingerprint density at radius 2 is 1.73 bits per heavy atom. The van der Waals surface area contributed by atoms with E-state index in [9.17, 15) is 0 Å². The molecule has 0 aliphatic rings. The average molecular weight is 338 g/mol. The fourth-order valence-corrected chi connectivity index (χ4v) is 2.32. The van der Waals surface area contributed by atoms with Gasteiger partial charge in [0.15, 0.2) is 0 Å². The van der Waals surface area contributed by atoms with Gasteiger partial charge in [0.2, 0.25) is 0 Å². The van der Waals surface area contributed by atoms with Crippen LogP contribution in [0.3, 0.4) is 0 Å². The molecule has 0 aliphatic carbocycles. The summed E-state index contributed by atoms with van der Waals surface area (Å²) in [4.78, 5) is 0. The summed E-state index contributed by atoms with van der Waals surface area (Å²) in [5.41, 5.74) is 2.15. The Kier molecular flexibility index (Phi) is 6.56. The van der Waals surface area contributed by atoms with Crippen LogP contribution >= 0.6 is 23.2 Å². The van der Waals surface area contributed by atoms with E-state index < -0.39 is 0 Å². The highest BCUT2D eigenvalue weighted by Crippen LogP contribution is 2.24. The molecule has 1 atom stereocenters. The molecule has 0 fully saturated rings. The van der Waals surface area contributed by atoms with Crippen LogP contribution in [0.1, 0.15) is 31.4 Å². The van der Waals surface area contributed by atoms with E-state index in [4.69, 9.17) is 27.9 Å². The second-order valence-electron chi connectivity index (χ2n) is 5.36. The van der Waals surface area contributed by atoms with Crippen molar-refractivity contribution in [2.75, 3.05) is 0 Å². The topological polar surface area (TPSA) is 21.3 Å². The maximum Gasteiger partial charge on any atom is 0.124 e. The number of hydrogen-bond acceptors (Lipinski definition) is 2. The normalized spacial score (nSPS) is 12.2. The molecule has 0 radical (unpaired) electrons. The van der Waals surface area contributed by atoms with Crippen LogP contribution in [0.2, 0.25) is 10.0 Å². The zero-order valence-electron chi connectivity index (χ0n) is 12.9. The van der Waals surface area contributed by atoms with Crippen molar-refractivity contribution in [1.29, 1.82) is 0 Å². The minimum atomic E-state index is 0.461. The van der Waals surface area contributed by atoms with Gasteiger partial charge in [0.25, 0.3) is 0 Å². The Hall–Kier alpha value is -1.22. The number of benzene rings is 2. The smallest absolute Gasteiger partial charge is 0.124 e. The van der Waals surface area contributed by atoms with Crippen molar-refractivity contribution in [3.63, 3.8) is 0 Å². The predicted molar refractivity (Wildman–Crippen MR) is 93.8 cm³/mol. The highest BCUT2D eigenvalue weighted by atomic mass is 35.5. The van der Waals surface area contributed by atoms with E-state index in [1.54, 1.807) is 0 Å². The molecule has 0 bridgehead atoms. The van der Waals surface area contributed by atoms with Crippen molar-refractivity contribution in [3.05, 3.63) is 63.6 Å². The van der Waals surface area contributed by atoms with Crippen LogP contribution in [0.4, 0.5) is 0 Å². The zero-order chi connectivity index (χ0) is 15.9. The molecule has 4 heteroatoms. The van der Waals surface area contributed by atoms with Crippen LogP contribution in [0, 0.1) is 0 Å². The maximum atomic E-state index is 6.10. The molecule has 118 valence electrons. The SMILES string of the molecule is CC[C@@H](C)NCc1cc(Cl)ccc1OCc1ccc(Cl)cc1. The largest absolute Gasteiger partial charge is 0.489 e. The van der Waals surface area contributed by atoms with E-state index in [0.717, 1.165) is 39.9 Å². The third-order valence-corrected chi connectivity index (χ3v) is 4.07. The molecule has 22 heavy (non-hydrogen) atoms. The monoisotopic (exact) mass is 337 g/mol. The fraction of sp³-hybridized carbons (Fsp3) is 0.333. The highest BCUT2D eigenvalue weighted by Gasteiger charge is 2.07. The Labute approximate surface area is 142 Å². The van der Waals surface area contributed by atoms with Gasteiger partial charge in [-0.05, 0) is 49.2 Å². The molecule has 0 aliphatic heterocycles. The first kappa shape index (κ1) is 17.1.